The number of ether oxygens (including phenoxy) is 1. The third-order valence-electron chi connectivity index (χ3n) is 1.56. The van der Waals surface area contributed by atoms with Crippen LogP contribution < -0.4 is 5.32 Å². The molecule has 1 rings (SSSR count). The summed E-state index contributed by atoms with van der Waals surface area (Å²) in [4.78, 5) is 11.1. The number of carbonyl (C=O) groups excluding carboxylic acids is 1. The van der Waals surface area contributed by atoms with Crippen molar-refractivity contribution in [3.63, 3.8) is 0 Å². The second-order valence-electron chi connectivity index (χ2n) is 2.96. The molecule has 0 aliphatic carbocycles. The van der Waals surface area contributed by atoms with E-state index in [0.717, 1.165) is 0 Å². The highest BCUT2D eigenvalue weighted by molar-refractivity contribution is 6.04. The van der Waals surface area contributed by atoms with Crippen LogP contribution in [0.3, 0.4) is 0 Å². The third-order valence-corrected chi connectivity index (χ3v) is 1.56. The van der Waals surface area contributed by atoms with E-state index in [4.69, 9.17) is 5.41 Å². The van der Waals surface area contributed by atoms with Gasteiger partial charge in [0.15, 0.2) is 0 Å². The van der Waals surface area contributed by atoms with Crippen molar-refractivity contribution in [2.24, 2.45) is 0 Å². The highest BCUT2D eigenvalue weighted by Crippen LogP contribution is 1.98. The van der Waals surface area contributed by atoms with E-state index in [1.807, 2.05) is 6.07 Å². The van der Waals surface area contributed by atoms with E-state index >= 15 is 0 Å². The zero-order chi connectivity index (χ0) is 11.3. The fraction of sp³-hybridized carbons (Fsp3) is 0.0909. The molecular weight excluding hydrogens is 192 g/mol. The Morgan fingerprint density at radius 1 is 1.40 bits per heavy atom. The quantitative estimate of drug-likeness (QED) is 0.441. The van der Waals surface area contributed by atoms with Crippen LogP contribution in [0, 0.1) is 5.41 Å². The van der Waals surface area contributed by atoms with Gasteiger partial charge < -0.3 is 4.74 Å². The molecule has 0 aromatic heterocycles. The SMILES string of the molecule is C=C(C)OC(=O)NC(=N)c1ccccc1. The zero-order valence-electron chi connectivity index (χ0n) is 8.41. The minimum absolute atomic E-state index is 0.00171. The maximum atomic E-state index is 11.1. The number of rotatable bonds is 2. The summed E-state index contributed by atoms with van der Waals surface area (Å²) in [5.74, 6) is 0.287. The minimum Gasteiger partial charge on any atom is -0.416 e. The lowest BCUT2D eigenvalue weighted by Crippen LogP contribution is -2.30. The van der Waals surface area contributed by atoms with Crippen LogP contribution in [0.2, 0.25) is 0 Å². The van der Waals surface area contributed by atoms with Gasteiger partial charge in [0.25, 0.3) is 0 Å². The van der Waals surface area contributed by atoms with Gasteiger partial charge >= 0.3 is 6.09 Å². The van der Waals surface area contributed by atoms with Crippen molar-refractivity contribution in [2.75, 3.05) is 0 Å². The summed E-state index contributed by atoms with van der Waals surface area (Å²) in [6, 6.07) is 8.86. The van der Waals surface area contributed by atoms with Gasteiger partial charge in [-0.2, -0.15) is 0 Å². The summed E-state index contributed by atoms with van der Waals surface area (Å²) in [5.41, 5.74) is 0.621. The molecule has 0 unspecified atom stereocenters. The summed E-state index contributed by atoms with van der Waals surface area (Å²) < 4.78 is 4.66. The Morgan fingerprint density at radius 3 is 2.53 bits per heavy atom. The molecule has 15 heavy (non-hydrogen) atoms. The average Bonchev–Trinajstić information content (AvgIpc) is 2.17. The number of hydrogen-bond acceptors (Lipinski definition) is 3. The lowest BCUT2D eigenvalue weighted by atomic mass is 10.2. The van der Waals surface area contributed by atoms with Crippen LogP contribution >= 0.6 is 0 Å². The van der Waals surface area contributed by atoms with Crippen LogP contribution in [0.25, 0.3) is 0 Å². The normalized spacial score (nSPS) is 9.13. The summed E-state index contributed by atoms with van der Waals surface area (Å²) in [6.07, 6.45) is -0.698. The summed E-state index contributed by atoms with van der Waals surface area (Å²) in [7, 11) is 0. The highest BCUT2D eigenvalue weighted by Gasteiger charge is 2.06. The van der Waals surface area contributed by atoms with Crippen LogP contribution in [0.1, 0.15) is 12.5 Å². The van der Waals surface area contributed by atoms with Crippen molar-refractivity contribution in [1.82, 2.24) is 5.32 Å². The van der Waals surface area contributed by atoms with Gasteiger partial charge in [-0.1, -0.05) is 36.9 Å². The smallest absolute Gasteiger partial charge is 0.416 e. The van der Waals surface area contributed by atoms with Crippen LogP contribution in [0.4, 0.5) is 4.79 Å². The van der Waals surface area contributed by atoms with Crippen molar-refractivity contribution in [3.8, 4) is 0 Å². The van der Waals surface area contributed by atoms with Gasteiger partial charge in [-0.05, 0) is 6.92 Å². The number of amidine groups is 1. The number of allylic oxidation sites excluding steroid dienone is 1. The number of amides is 1. The zero-order valence-corrected chi connectivity index (χ0v) is 8.41. The second kappa shape index (κ2) is 4.95. The molecule has 0 saturated carbocycles. The molecule has 4 nitrogen and oxygen atoms in total. The molecule has 0 heterocycles. The number of alkyl carbamates (subject to hydrolysis) is 1. The standard InChI is InChI=1S/C11H12N2O2/c1-8(2)15-11(14)13-10(12)9-6-4-3-5-7-9/h3-7H,1H2,2H3,(H2,12,13,14). The van der Waals surface area contributed by atoms with E-state index in [2.05, 4.69) is 16.6 Å². The number of benzene rings is 1. The maximum Gasteiger partial charge on any atom is 0.417 e. The summed E-state index contributed by atoms with van der Waals surface area (Å²) in [6.45, 7) is 4.98. The molecule has 0 aliphatic heterocycles. The van der Waals surface area contributed by atoms with Gasteiger partial charge in [-0.15, -0.1) is 0 Å². The molecule has 2 N–H and O–H groups in total. The van der Waals surface area contributed by atoms with E-state index in [0.29, 0.717) is 5.56 Å². The predicted molar refractivity (Wildman–Crippen MR) is 57.7 cm³/mol. The molecule has 0 aliphatic rings. The van der Waals surface area contributed by atoms with Gasteiger partial charge in [0.2, 0.25) is 0 Å². The Morgan fingerprint density at radius 2 is 2.00 bits per heavy atom. The van der Waals surface area contributed by atoms with Gasteiger partial charge in [-0.25, -0.2) is 4.79 Å². The Kier molecular flexibility index (Phi) is 3.62. The molecule has 78 valence electrons. The number of hydrogen-bond donors (Lipinski definition) is 2. The lowest BCUT2D eigenvalue weighted by Gasteiger charge is -2.06. The highest BCUT2D eigenvalue weighted by atomic mass is 16.6. The number of carbonyl (C=O) groups is 1. The Hall–Kier alpha value is -2.10. The van der Waals surface area contributed by atoms with Crippen molar-refractivity contribution in [1.29, 1.82) is 5.41 Å². The molecule has 4 heteroatoms. The largest absolute Gasteiger partial charge is 0.417 e. The van der Waals surface area contributed by atoms with E-state index in [9.17, 15) is 4.79 Å². The van der Waals surface area contributed by atoms with E-state index in [1.165, 1.54) is 0 Å². The Labute approximate surface area is 88.1 Å². The van der Waals surface area contributed by atoms with Crippen molar-refractivity contribution < 1.29 is 9.53 Å². The first-order valence-electron chi connectivity index (χ1n) is 4.38. The molecule has 0 radical (unpaired) electrons. The monoisotopic (exact) mass is 204 g/mol. The van der Waals surface area contributed by atoms with Crippen molar-refractivity contribution in [2.45, 2.75) is 6.92 Å². The molecule has 0 bridgehead atoms. The molecule has 0 saturated heterocycles. The first kappa shape index (κ1) is 11.0. The molecule has 0 atom stereocenters. The second-order valence-corrected chi connectivity index (χ2v) is 2.96. The van der Waals surface area contributed by atoms with E-state index in [1.54, 1.807) is 31.2 Å². The topological polar surface area (TPSA) is 62.2 Å². The lowest BCUT2D eigenvalue weighted by molar-refractivity contribution is 0.182. The van der Waals surface area contributed by atoms with Crippen molar-refractivity contribution >= 4 is 11.9 Å². The van der Waals surface area contributed by atoms with Gasteiger partial charge in [0.1, 0.15) is 5.84 Å². The van der Waals surface area contributed by atoms with Gasteiger partial charge in [-0.3, -0.25) is 10.7 Å². The summed E-state index contributed by atoms with van der Waals surface area (Å²) >= 11 is 0. The fourth-order valence-electron chi connectivity index (χ4n) is 0.963. The average molecular weight is 204 g/mol. The predicted octanol–water partition coefficient (Wildman–Crippen LogP) is 2.27. The number of nitrogens with one attached hydrogen (secondary N) is 2. The molecule has 0 spiro atoms. The van der Waals surface area contributed by atoms with E-state index < -0.39 is 6.09 Å². The van der Waals surface area contributed by atoms with Crippen LogP contribution in [-0.4, -0.2) is 11.9 Å². The maximum absolute atomic E-state index is 11.1. The van der Waals surface area contributed by atoms with Crippen LogP contribution in [-0.2, 0) is 4.74 Å². The summed E-state index contributed by atoms with van der Waals surface area (Å²) in [5, 5.41) is 9.85. The Bertz CT molecular complexity index is 385. The first-order valence-corrected chi connectivity index (χ1v) is 4.38. The molecule has 1 aromatic rings. The van der Waals surface area contributed by atoms with Crippen LogP contribution in [0.5, 0.6) is 0 Å². The minimum atomic E-state index is -0.698. The van der Waals surface area contributed by atoms with Gasteiger partial charge in [0.05, 0.1) is 5.76 Å². The van der Waals surface area contributed by atoms with Gasteiger partial charge in [0, 0.05) is 5.56 Å². The first-order chi connectivity index (χ1) is 7.09. The van der Waals surface area contributed by atoms with Crippen molar-refractivity contribution in [3.05, 3.63) is 48.2 Å². The fourth-order valence-corrected chi connectivity index (χ4v) is 0.963. The third kappa shape index (κ3) is 3.64. The molecular formula is C11H12N2O2. The molecule has 1 amide bonds. The van der Waals surface area contributed by atoms with E-state index in [-0.39, 0.29) is 11.6 Å². The Balaban J connectivity index is 2.57. The molecule has 1 aromatic carbocycles. The van der Waals surface area contributed by atoms with Crippen LogP contribution in [0.15, 0.2) is 42.7 Å². The molecule has 0 fully saturated rings.